The van der Waals surface area contributed by atoms with Gasteiger partial charge in [-0.15, -0.1) is 0 Å². The highest BCUT2D eigenvalue weighted by atomic mass is 16.1. The lowest BCUT2D eigenvalue weighted by Crippen LogP contribution is -2.29. The molecule has 7 heteroatoms. The predicted molar refractivity (Wildman–Crippen MR) is 106 cm³/mol. The van der Waals surface area contributed by atoms with Crippen molar-refractivity contribution in [2.24, 2.45) is 0 Å². The van der Waals surface area contributed by atoms with E-state index in [-0.39, 0.29) is 5.91 Å². The van der Waals surface area contributed by atoms with Crippen LogP contribution in [0.2, 0.25) is 0 Å². The number of pyridine rings is 1. The standard InChI is InChI=1S/C20H22N6O/c1-14-7-8-21-18(11-14)26-19-12-17(24-13-25-19)22-9-10-23-20(27)16-6-4-3-5-15(16)2/h3-8,11-13H,9-10H2,1-2H3,(H,23,27)(H2,21,22,24,25,26). The van der Waals surface area contributed by atoms with Gasteiger partial charge in [0.15, 0.2) is 0 Å². The Kier molecular flexibility index (Phi) is 5.94. The summed E-state index contributed by atoms with van der Waals surface area (Å²) in [6.07, 6.45) is 3.22. The van der Waals surface area contributed by atoms with Gasteiger partial charge < -0.3 is 16.0 Å². The Morgan fingerprint density at radius 3 is 2.52 bits per heavy atom. The number of nitrogens with one attached hydrogen (secondary N) is 3. The summed E-state index contributed by atoms with van der Waals surface area (Å²) in [6, 6.07) is 13.2. The van der Waals surface area contributed by atoms with Crippen molar-refractivity contribution in [1.29, 1.82) is 0 Å². The van der Waals surface area contributed by atoms with Gasteiger partial charge in [-0.25, -0.2) is 15.0 Å². The van der Waals surface area contributed by atoms with Crippen LogP contribution in [-0.2, 0) is 0 Å². The normalized spacial score (nSPS) is 10.3. The Labute approximate surface area is 158 Å². The van der Waals surface area contributed by atoms with E-state index >= 15 is 0 Å². The Bertz CT molecular complexity index is 928. The summed E-state index contributed by atoms with van der Waals surface area (Å²) in [5.74, 6) is 1.97. The Morgan fingerprint density at radius 2 is 1.70 bits per heavy atom. The smallest absolute Gasteiger partial charge is 0.251 e. The van der Waals surface area contributed by atoms with Gasteiger partial charge in [0.1, 0.15) is 23.8 Å². The zero-order valence-corrected chi connectivity index (χ0v) is 15.4. The molecule has 0 unspecified atom stereocenters. The largest absolute Gasteiger partial charge is 0.368 e. The SMILES string of the molecule is Cc1ccnc(Nc2cc(NCCNC(=O)c3ccccc3C)ncn2)c1. The number of carbonyl (C=O) groups is 1. The number of amides is 1. The van der Waals surface area contributed by atoms with Crippen LogP contribution in [0.1, 0.15) is 21.5 Å². The summed E-state index contributed by atoms with van der Waals surface area (Å²) < 4.78 is 0. The van der Waals surface area contributed by atoms with Crippen molar-refractivity contribution < 1.29 is 4.79 Å². The van der Waals surface area contributed by atoms with E-state index in [0.717, 1.165) is 16.9 Å². The van der Waals surface area contributed by atoms with Crippen LogP contribution in [0.3, 0.4) is 0 Å². The molecule has 0 radical (unpaired) electrons. The number of hydrogen-bond donors (Lipinski definition) is 3. The lowest BCUT2D eigenvalue weighted by molar-refractivity contribution is 0.0954. The second kappa shape index (κ2) is 8.75. The number of aromatic nitrogens is 3. The number of carbonyl (C=O) groups excluding carboxylic acids is 1. The zero-order chi connectivity index (χ0) is 19.1. The van der Waals surface area contributed by atoms with E-state index in [4.69, 9.17) is 0 Å². The first-order chi connectivity index (χ1) is 13.1. The molecule has 3 aromatic rings. The number of aryl methyl sites for hydroxylation is 2. The molecule has 27 heavy (non-hydrogen) atoms. The average Bonchev–Trinajstić information content (AvgIpc) is 2.66. The van der Waals surface area contributed by atoms with Gasteiger partial charge in [-0.3, -0.25) is 4.79 Å². The third-order valence-electron chi connectivity index (χ3n) is 3.95. The van der Waals surface area contributed by atoms with Crippen LogP contribution in [0, 0.1) is 13.8 Å². The summed E-state index contributed by atoms with van der Waals surface area (Å²) >= 11 is 0. The maximum atomic E-state index is 12.2. The molecule has 3 N–H and O–H groups in total. The predicted octanol–water partition coefficient (Wildman–Crippen LogP) is 3.07. The van der Waals surface area contributed by atoms with Crippen LogP contribution in [0.4, 0.5) is 17.5 Å². The van der Waals surface area contributed by atoms with Gasteiger partial charge in [0.05, 0.1) is 0 Å². The van der Waals surface area contributed by atoms with E-state index in [1.165, 1.54) is 6.33 Å². The first-order valence-corrected chi connectivity index (χ1v) is 8.71. The Morgan fingerprint density at radius 1 is 0.926 bits per heavy atom. The maximum absolute atomic E-state index is 12.2. The van der Waals surface area contributed by atoms with Crippen LogP contribution in [-0.4, -0.2) is 33.9 Å². The van der Waals surface area contributed by atoms with Crippen LogP contribution in [0.15, 0.2) is 55.0 Å². The molecule has 7 nitrogen and oxygen atoms in total. The topological polar surface area (TPSA) is 91.8 Å². The zero-order valence-electron chi connectivity index (χ0n) is 15.4. The second-order valence-corrected chi connectivity index (χ2v) is 6.13. The van der Waals surface area contributed by atoms with Gasteiger partial charge in [-0.2, -0.15) is 0 Å². The van der Waals surface area contributed by atoms with Crippen LogP contribution in [0.25, 0.3) is 0 Å². The molecule has 0 aliphatic rings. The van der Waals surface area contributed by atoms with E-state index in [2.05, 4.69) is 30.9 Å². The highest BCUT2D eigenvalue weighted by molar-refractivity contribution is 5.95. The molecule has 0 aliphatic heterocycles. The van der Waals surface area contributed by atoms with Gasteiger partial charge in [-0.1, -0.05) is 18.2 Å². The molecule has 2 aromatic heterocycles. The summed E-state index contributed by atoms with van der Waals surface area (Å²) in [5.41, 5.74) is 2.76. The van der Waals surface area contributed by atoms with Crippen LogP contribution in [0.5, 0.6) is 0 Å². The van der Waals surface area contributed by atoms with E-state index in [0.29, 0.717) is 30.3 Å². The number of rotatable bonds is 7. The van der Waals surface area contributed by atoms with E-state index in [9.17, 15) is 4.79 Å². The molecule has 1 aromatic carbocycles. The number of nitrogens with zero attached hydrogens (tertiary/aromatic N) is 3. The summed E-state index contributed by atoms with van der Waals surface area (Å²) in [7, 11) is 0. The third-order valence-corrected chi connectivity index (χ3v) is 3.95. The fourth-order valence-corrected chi connectivity index (χ4v) is 2.55. The van der Waals surface area contributed by atoms with Gasteiger partial charge in [-0.05, 0) is 43.2 Å². The average molecular weight is 362 g/mol. The van der Waals surface area contributed by atoms with Crippen molar-refractivity contribution >= 4 is 23.4 Å². The van der Waals surface area contributed by atoms with E-state index < -0.39 is 0 Å². The molecule has 0 atom stereocenters. The third kappa shape index (κ3) is 5.24. The summed E-state index contributed by atoms with van der Waals surface area (Å²) in [6.45, 7) is 4.97. The fraction of sp³-hybridized carbons (Fsp3) is 0.200. The number of hydrogen-bond acceptors (Lipinski definition) is 6. The van der Waals surface area contributed by atoms with Gasteiger partial charge in [0, 0.05) is 30.9 Å². The van der Waals surface area contributed by atoms with Gasteiger partial charge in [0.25, 0.3) is 5.91 Å². The quantitative estimate of drug-likeness (QED) is 0.560. The molecule has 0 saturated carbocycles. The maximum Gasteiger partial charge on any atom is 0.251 e. The van der Waals surface area contributed by atoms with Crippen molar-refractivity contribution in [3.8, 4) is 0 Å². The molecule has 0 bridgehead atoms. The number of benzene rings is 1. The molecule has 2 heterocycles. The summed E-state index contributed by atoms with van der Waals surface area (Å²) in [5, 5.41) is 9.23. The van der Waals surface area contributed by atoms with Crippen LogP contribution < -0.4 is 16.0 Å². The molecule has 0 saturated heterocycles. The van der Waals surface area contributed by atoms with Crippen molar-refractivity contribution in [3.05, 3.63) is 71.7 Å². The molecular formula is C20H22N6O. The fourth-order valence-electron chi connectivity index (χ4n) is 2.55. The first kappa shape index (κ1) is 18.3. The summed E-state index contributed by atoms with van der Waals surface area (Å²) in [4.78, 5) is 24.8. The monoisotopic (exact) mass is 362 g/mol. The molecule has 0 spiro atoms. The minimum Gasteiger partial charge on any atom is -0.368 e. The Balaban J connectivity index is 1.50. The molecule has 3 rings (SSSR count). The molecule has 138 valence electrons. The number of anilines is 3. The van der Waals surface area contributed by atoms with Crippen molar-refractivity contribution in [3.63, 3.8) is 0 Å². The van der Waals surface area contributed by atoms with Crippen molar-refractivity contribution in [2.75, 3.05) is 23.7 Å². The van der Waals surface area contributed by atoms with E-state index in [1.807, 2.05) is 50.2 Å². The first-order valence-electron chi connectivity index (χ1n) is 8.71. The van der Waals surface area contributed by atoms with Crippen molar-refractivity contribution in [2.45, 2.75) is 13.8 Å². The lowest BCUT2D eigenvalue weighted by atomic mass is 10.1. The van der Waals surface area contributed by atoms with Crippen LogP contribution >= 0.6 is 0 Å². The van der Waals surface area contributed by atoms with Gasteiger partial charge >= 0.3 is 0 Å². The molecular weight excluding hydrogens is 340 g/mol. The Hall–Kier alpha value is -3.48. The van der Waals surface area contributed by atoms with Gasteiger partial charge in [0.2, 0.25) is 0 Å². The van der Waals surface area contributed by atoms with E-state index in [1.54, 1.807) is 12.3 Å². The molecule has 0 fully saturated rings. The minimum atomic E-state index is -0.0783. The minimum absolute atomic E-state index is 0.0783. The molecule has 1 amide bonds. The second-order valence-electron chi connectivity index (χ2n) is 6.13. The lowest BCUT2D eigenvalue weighted by Gasteiger charge is -2.10. The van der Waals surface area contributed by atoms with Crippen molar-refractivity contribution in [1.82, 2.24) is 20.3 Å². The molecule has 0 aliphatic carbocycles. The highest BCUT2D eigenvalue weighted by Crippen LogP contribution is 2.14. The highest BCUT2D eigenvalue weighted by Gasteiger charge is 2.07.